The molecule has 0 aromatic heterocycles. The molecule has 3 aliphatic rings. The lowest BCUT2D eigenvalue weighted by Crippen LogP contribution is -2.55. The van der Waals surface area contributed by atoms with Crippen LogP contribution in [0, 0.1) is 5.92 Å². The maximum Gasteiger partial charge on any atom is 0.312 e. The number of carbonyl (C=O) groups excluding carboxylic acids is 6. The number of urea groups is 1. The normalized spacial score (nSPS) is 22.6. The highest BCUT2D eigenvalue weighted by molar-refractivity contribution is 6.31. The fraction of sp³-hybridized carbons (Fsp3) is 0.510. The van der Waals surface area contributed by atoms with Gasteiger partial charge in [0, 0.05) is 60.3 Å². The van der Waals surface area contributed by atoms with Crippen LogP contribution < -0.4 is 37.1 Å². The number of benzene rings is 3. The minimum absolute atomic E-state index is 0.0236. The summed E-state index contributed by atoms with van der Waals surface area (Å²) in [6.45, 7) is 8.44. The summed E-state index contributed by atoms with van der Waals surface area (Å²) in [6, 6.07) is 8.33. The molecule has 4 amide bonds. The van der Waals surface area contributed by atoms with E-state index in [4.69, 9.17) is 24.7 Å². The number of methoxy groups -OCH3 is 1. The summed E-state index contributed by atoms with van der Waals surface area (Å²) in [4.78, 5) is 78.9. The van der Waals surface area contributed by atoms with Crippen LogP contribution in [0.5, 0.6) is 17.2 Å². The van der Waals surface area contributed by atoms with Crippen molar-refractivity contribution < 1.29 is 73.2 Å². The Hall–Kier alpha value is -6.04. The number of carbonyl (C=O) groups is 6. The number of hydrogen-bond donors (Lipinski definition) is 11. The summed E-state index contributed by atoms with van der Waals surface area (Å²) in [5.41, 5.74) is 2.39. The van der Waals surface area contributed by atoms with E-state index < -0.39 is 120 Å². The van der Waals surface area contributed by atoms with Gasteiger partial charge in [0.25, 0.3) is 0 Å². The van der Waals surface area contributed by atoms with Gasteiger partial charge in [-0.2, -0.15) is 0 Å². The summed E-state index contributed by atoms with van der Waals surface area (Å²) in [5, 5.41) is 70.7. The Morgan fingerprint density at radius 2 is 1.66 bits per heavy atom. The molecule has 21 nitrogen and oxygen atoms in total. The lowest BCUT2D eigenvalue weighted by Gasteiger charge is -2.43. The number of ketones is 3. The maximum absolute atomic E-state index is 14.0. The number of phenolic OH excluding ortho intramolecular Hbond substituents is 2. The number of amides is 4. The number of aromatic hydroxyl groups is 2. The monoisotopic (exact) mass is 976 g/mol. The Balaban J connectivity index is 1.11. The third-order valence-corrected chi connectivity index (χ3v) is 12.8. The summed E-state index contributed by atoms with van der Waals surface area (Å²) >= 11 is 0. The van der Waals surface area contributed by atoms with Crippen molar-refractivity contribution in [2.75, 3.05) is 32.3 Å². The van der Waals surface area contributed by atoms with E-state index in [1.54, 1.807) is 31.2 Å². The lowest BCUT2D eigenvalue weighted by atomic mass is 9.72. The molecule has 380 valence electrons. The standard InChI is InChI=1S/C49H64N6O15/c1-23(2)40(53-24(3)4)47(64)55-30(10-8-16-51-48(50)65)46(63)54-27-14-12-26(13-15-27)21-68-22-52-31-17-35(69-25(5)41(31)58)70-33-19-49(66,34(57)20-56)18-29-37(33)45(62)39-38(43(29)60)42(59)28-9-7-11-32(67-6)36(28)44(39)61/h7,9,11-15,23-25,30-31,33,35,40-41,52-53,56,58,60,62,66H,8,10,16-22H2,1-6H3,(H,54,63)(H,55,64)(H3,50,51,65)/t25-,30-,31-,33-,35-,40-,41-,49-/m0/s1. The summed E-state index contributed by atoms with van der Waals surface area (Å²) < 4.78 is 23.6. The van der Waals surface area contributed by atoms with Gasteiger partial charge in [-0.05, 0) is 49.4 Å². The molecule has 0 unspecified atom stereocenters. The molecule has 1 fully saturated rings. The number of primary amides is 1. The molecule has 21 heteroatoms. The number of rotatable bonds is 21. The summed E-state index contributed by atoms with van der Waals surface area (Å²) in [6.07, 6.45) is -5.14. The van der Waals surface area contributed by atoms with Gasteiger partial charge in [-0.25, -0.2) is 4.79 Å². The van der Waals surface area contributed by atoms with Crippen molar-refractivity contribution in [1.82, 2.24) is 21.3 Å². The predicted octanol–water partition coefficient (Wildman–Crippen LogP) is 1.70. The number of nitrogens with one attached hydrogen (secondary N) is 5. The molecule has 1 heterocycles. The average Bonchev–Trinajstić information content (AvgIpc) is 3.31. The number of anilines is 1. The first-order valence-electron chi connectivity index (χ1n) is 23.2. The molecule has 3 aromatic rings. The molecule has 6 rings (SSSR count). The van der Waals surface area contributed by atoms with Crippen molar-refractivity contribution in [2.45, 2.75) is 128 Å². The first-order chi connectivity index (χ1) is 33.2. The van der Waals surface area contributed by atoms with Gasteiger partial charge in [0.1, 0.15) is 35.5 Å². The highest BCUT2D eigenvalue weighted by atomic mass is 16.7. The second-order valence-electron chi connectivity index (χ2n) is 18.5. The van der Waals surface area contributed by atoms with Crippen LogP contribution in [-0.2, 0) is 41.6 Å². The number of fused-ring (bicyclic) bond motifs is 3. The highest BCUT2D eigenvalue weighted by Crippen LogP contribution is 2.52. The molecule has 0 spiro atoms. The second-order valence-corrected chi connectivity index (χ2v) is 18.5. The lowest BCUT2D eigenvalue weighted by molar-refractivity contribution is -0.250. The van der Waals surface area contributed by atoms with E-state index in [9.17, 15) is 54.3 Å². The maximum atomic E-state index is 14.0. The van der Waals surface area contributed by atoms with Crippen LogP contribution in [0.4, 0.5) is 10.5 Å². The predicted molar refractivity (Wildman–Crippen MR) is 251 cm³/mol. The van der Waals surface area contributed by atoms with Gasteiger partial charge < -0.3 is 71.5 Å². The topological polar surface area (TPSA) is 327 Å². The first kappa shape index (κ1) is 53.3. The van der Waals surface area contributed by atoms with Crippen LogP contribution in [0.25, 0.3) is 0 Å². The smallest absolute Gasteiger partial charge is 0.312 e. The summed E-state index contributed by atoms with van der Waals surface area (Å²) in [7, 11) is 1.31. The molecule has 0 radical (unpaired) electrons. The van der Waals surface area contributed by atoms with Crippen LogP contribution in [0.2, 0.25) is 0 Å². The van der Waals surface area contributed by atoms with Crippen LogP contribution in [0.3, 0.4) is 0 Å². The zero-order valence-electron chi connectivity index (χ0n) is 40.0. The van der Waals surface area contributed by atoms with Crippen molar-refractivity contribution in [1.29, 1.82) is 0 Å². The number of nitrogens with two attached hydrogens (primary N) is 1. The van der Waals surface area contributed by atoms with Crippen molar-refractivity contribution in [2.24, 2.45) is 11.7 Å². The van der Waals surface area contributed by atoms with Gasteiger partial charge in [-0.1, -0.05) is 52.0 Å². The zero-order valence-corrected chi connectivity index (χ0v) is 40.0. The van der Waals surface area contributed by atoms with Gasteiger partial charge in [-0.15, -0.1) is 0 Å². The van der Waals surface area contributed by atoms with E-state index in [-0.39, 0.29) is 78.6 Å². The van der Waals surface area contributed by atoms with E-state index in [0.717, 1.165) is 5.56 Å². The van der Waals surface area contributed by atoms with Gasteiger partial charge in [-0.3, -0.25) is 29.3 Å². The third-order valence-electron chi connectivity index (χ3n) is 12.8. The van der Waals surface area contributed by atoms with E-state index >= 15 is 0 Å². The molecule has 0 bridgehead atoms. The zero-order chi connectivity index (χ0) is 51.2. The van der Waals surface area contributed by atoms with Crippen LogP contribution >= 0.6 is 0 Å². The molecule has 8 atom stereocenters. The average molecular weight is 977 g/mol. The van der Waals surface area contributed by atoms with E-state index in [1.165, 1.54) is 25.3 Å². The fourth-order valence-electron chi connectivity index (χ4n) is 9.15. The van der Waals surface area contributed by atoms with Crippen molar-refractivity contribution in [3.05, 3.63) is 81.4 Å². The number of phenols is 2. The molecule has 2 aliphatic carbocycles. The number of Topliss-reactive ketones (excluding diaryl/α,β-unsaturated/α-hetero) is 1. The van der Waals surface area contributed by atoms with Crippen LogP contribution in [-0.4, -0.2) is 136 Å². The Kier molecular flexibility index (Phi) is 17.4. The molecular weight excluding hydrogens is 913 g/mol. The van der Waals surface area contributed by atoms with Crippen LogP contribution in [0.15, 0.2) is 42.5 Å². The fourth-order valence-corrected chi connectivity index (χ4v) is 9.15. The van der Waals surface area contributed by atoms with E-state index in [1.807, 2.05) is 27.7 Å². The quantitative estimate of drug-likeness (QED) is 0.0322. The molecule has 1 saturated heterocycles. The Bertz CT molecular complexity index is 2450. The van der Waals surface area contributed by atoms with Gasteiger partial charge in [0.15, 0.2) is 17.9 Å². The molecule has 3 aromatic carbocycles. The molecule has 0 saturated carbocycles. The number of hydrogen-bond acceptors (Lipinski definition) is 17. The van der Waals surface area contributed by atoms with E-state index in [2.05, 4.69) is 26.6 Å². The van der Waals surface area contributed by atoms with E-state index in [0.29, 0.717) is 12.1 Å². The molecule has 12 N–H and O–H groups in total. The summed E-state index contributed by atoms with van der Waals surface area (Å²) in [5.74, 6) is -4.86. The first-order valence-corrected chi connectivity index (χ1v) is 23.2. The minimum atomic E-state index is -2.34. The van der Waals surface area contributed by atoms with Crippen molar-refractivity contribution in [3.63, 3.8) is 0 Å². The Morgan fingerprint density at radius 1 is 0.957 bits per heavy atom. The Morgan fingerprint density at radius 3 is 2.30 bits per heavy atom. The van der Waals surface area contributed by atoms with Gasteiger partial charge in [0.2, 0.25) is 17.6 Å². The molecule has 1 aliphatic heterocycles. The van der Waals surface area contributed by atoms with Crippen LogP contribution in [0.1, 0.15) is 115 Å². The number of ether oxygens (including phenoxy) is 4. The SMILES string of the molecule is COc1cccc2c1C(=O)c1c(O)c3c(c(O)c1C2=O)C[C@@](O)(C(=O)CO)C[C@@H]3O[C@H]1C[C@H](NCOCc2ccc(NC(=O)[C@H](CCCNC(N)=O)NC(=O)[C@@H](NC(C)C)C(C)C)cc2)[C@@H](O)[C@H](C)O1. The van der Waals surface area contributed by atoms with Crippen molar-refractivity contribution >= 4 is 40.9 Å². The molecular formula is C49H64N6O15. The Labute approximate surface area is 404 Å². The third kappa shape index (κ3) is 11.8. The van der Waals surface area contributed by atoms with Gasteiger partial charge >= 0.3 is 6.03 Å². The van der Waals surface area contributed by atoms with Gasteiger partial charge in [0.05, 0.1) is 61.5 Å². The number of aliphatic hydroxyl groups is 3. The largest absolute Gasteiger partial charge is 0.507 e. The number of aliphatic hydroxyl groups excluding tert-OH is 2. The van der Waals surface area contributed by atoms with Crippen molar-refractivity contribution in [3.8, 4) is 17.2 Å². The highest BCUT2D eigenvalue weighted by Gasteiger charge is 2.50. The minimum Gasteiger partial charge on any atom is -0.507 e. The molecule has 70 heavy (non-hydrogen) atoms. The second kappa shape index (κ2) is 22.8.